The van der Waals surface area contributed by atoms with Crippen molar-refractivity contribution in [1.82, 2.24) is 24.7 Å². The van der Waals surface area contributed by atoms with Crippen molar-refractivity contribution in [3.63, 3.8) is 0 Å². The van der Waals surface area contributed by atoms with Crippen molar-refractivity contribution in [2.75, 3.05) is 31.2 Å². The monoisotopic (exact) mass is 275 g/mol. The zero-order valence-corrected chi connectivity index (χ0v) is 11.3. The van der Waals surface area contributed by atoms with Gasteiger partial charge in [-0.3, -0.25) is 0 Å². The number of morpholine rings is 1. The summed E-state index contributed by atoms with van der Waals surface area (Å²) in [4.78, 5) is 15.0. The maximum atomic E-state index is 5.97. The molecule has 1 aliphatic rings. The smallest absolute Gasteiger partial charge is 0.252 e. The first-order valence-corrected chi connectivity index (χ1v) is 6.58. The van der Waals surface area contributed by atoms with Crippen LogP contribution in [0.5, 0.6) is 0 Å². The van der Waals surface area contributed by atoms with Crippen molar-refractivity contribution >= 4 is 5.95 Å². The van der Waals surface area contributed by atoms with Crippen molar-refractivity contribution in [1.29, 1.82) is 0 Å². The quantitative estimate of drug-likeness (QED) is 0.836. The predicted molar refractivity (Wildman–Crippen MR) is 72.6 cm³/mol. The molecule has 0 aromatic carbocycles. The number of ether oxygens (including phenoxy) is 1. The summed E-state index contributed by atoms with van der Waals surface area (Å²) in [6.07, 6.45) is 3.34. The van der Waals surface area contributed by atoms with Gasteiger partial charge in [-0.25, -0.2) is 9.97 Å². The van der Waals surface area contributed by atoms with E-state index < -0.39 is 0 Å². The third-order valence-corrected chi connectivity index (χ3v) is 3.06. The van der Waals surface area contributed by atoms with Crippen molar-refractivity contribution in [2.45, 2.75) is 13.0 Å². The Labute approximate surface area is 116 Å². The van der Waals surface area contributed by atoms with Gasteiger partial charge in [0.05, 0.1) is 19.3 Å². The Hall–Kier alpha value is -2.06. The van der Waals surface area contributed by atoms with Gasteiger partial charge in [0.25, 0.3) is 5.95 Å². The molecule has 2 N–H and O–H groups in total. The minimum atomic E-state index is -0.249. The van der Waals surface area contributed by atoms with E-state index in [-0.39, 0.29) is 6.04 Å². The molecule has 20 heavy (non-hydrogen) atoms. The highest BCUT2D eigenvalue weighted by Crippen LogP contribution is 2.17. The molecule has 1 fully saturated rings. The highest BCUT2D eigenvalue weighted by molar-refractivity contribution is 5.32. The molecule has 8 heteroatoms. The summed E-state index contributed by atoms with van der Waals surface area (Å²) in [7, 11) is 0. The van der Waals surface area contributed by atoms with Crippen LogP contribution >= 0.6 is 0 Å². The number of nitrogens with two attached hydrogens (primary N) is 1. The highest BCUT2D eigenvalue weighted by Gasteiger charge is 2.21. The lowest BCUT2D eigenvalue weighted by Crippen LogP contribution is -2.37. The molecule has 8 nitrogen and oxygen atoms in total. The Morgan fingerprint density at radius 2 is 1.90 bits per heavy atom. The number of rotatable bonds is 3. The van der Waals surface area contributed by atoms with E-state index in [1.165, 1.54) is 0 Å². The molecule has 1 atom stereocenters. The second kappa shape index (κ2) is 5.51. The number of aromatic nitrogens is 5. The van der Waals surface area contributed by atoms with Crippen LogP contribution in [-0.4, -0.2) is 51.0 Å². The Morgan fingerprint density at radius 1 is 1.20 bits per heavy atom. The average molecular weight is 275 g/mol. The Bertz CT molecular complexity index is 562. The largest absolute Gasteiger partial charge is 0.378 e. The molecule has 0 aliphatic carbocycles. The minimum Gasteiger partial charge on any atom is -0.378 e. The average Bonchev–Trinajstić information content (AvgIpc) is 2.94. The summed E-state index contributed by atoms with van der Waals surface area (Å²) in [5.74, 6) is 1.78. The van der Waals surface area contributed by atoms with Gasteiger partial charge >= 0.3 is 0 Å². The van der Waals surface area contributed by atoms with E-state index in [1.54, 1.807) is 23.1 Å². The molecule has 0 radical (unpaired) electrons. The van der Waals surface area contributed by atoms with E-state index >= 15 is 0 Å². The van der Waals surface area contributed by atoms with Crippen LogP contribution < -0.4 is 10.6 Å². The van der Waals surface area contributed by atoms with Crippen LogP contribution in [0.2, 0.25) is 0 Å². The molecule has 0 amide bonds. The number of anilines is 1. The molecule has 0 spiro atoms. The van der Waals surface area contributed by atoms with Crippen LogP contribution in [0.1, 0.15) is 18.8 Å². The van der Waals surface area contributed by atoms with E-state index in [4.69, 9.17) is 10.5 Å². The number of nitrogens with zero attached hydrogens (tertiary/aromatic N) is 6. The van der Waals surface area contributed by atoms with Crippen LogP contribution in [0.3, 0.4) is 0 Å². The lowest BCUT2D eigenvalue weighted by Gasteiger charge is -2.25. The first-order valence-electron chi connectivity index (χ1n) is 6.58. The maximum Gasteiger partial charge on any atom is 0.252 e. The van der Waals surface area contributed by atoms with Gasteiger partial charge in [0.2, 0.25) is 5.95 Å². The molecule has 2 aromatic rings. The van der Waals surface area contributed by atoms with Crippen molar-refractivity contribution < 1.29 is 4.74 Å². The third kappa shape index (κ3) is 2.47. The van der Waals surface area contributed by atoms with E-state index in [2.05, 4.69) is 25.0 Å². The summed E-state index contributed by atoms with van der Waals surface area (Å²) in [6, 6.07) is 1.51. The van der Waals surface area contributed by atoms with E-state index in [0.29, 0.717) is 30.9 Å². The van der Waals surface area contributed by atoms with Crippen molar-refractivity contribution in [3.8, 4) is 5.95 Å². The summed E-state index contributed by atoms with van der Waals surface area (Å²) >= 11 is 0. The predicted octanol–water partition coefficient (Wildman–Crippen LogP) is -0.0864. The van der Waals surface area contributed by atoms with Crippen LogP contribution in [0, 0.1) is 0 Å². The van der Waals surface area contributed by atoms with Crippen molar-refractivity contribution in [2.24, 2.45) is 5.73 Å². The molecule has 1 unspecified atom stereocenters. The lowest BCUT2D eigenvalue weighted by molar-refractivity contribution is 0.122. The molecule has 3 heterocycles. The third-order valence-electron chi connectivity index (χ3n) is 3.06. The van der Waals surface area contributed by atoms with Crippen LogP contribution in [-0.2, 0) is 4.74 Å². The van der Waals surface area contributed by atoms with Crippen LogP contribution in [0.25, 0.3) is 5.95 Å². The van der Waals surface area contributed by atoms with Crippen LogP contribution in [0.15, 0.2) is 18.5 Å². The highest BCUT2D eigenvalue weighted by atomic mass is 16.5. The first kappa shape index (κ1) is 12.9. The maximum absolute atomic E-state index is 5.97. The van der Waals surface area contributed by atoms with Gasteiger partial charge in [-0.15, -0.1) is 5.10 Å². The molecule has 106 valence electrons. The molecule has 2 aromatic heterocycles. The van der Waals surface area contributed by atoms with Crippen LogP contribution in [0.4, 0.5) is 5.95 Å². The summed E-state index contributed by atoms with van der Waals surface area (Å²) in [6.45, 7) is 4.79. The zero-order valence-electron chi connectivity index (χ0n) is 11.3. The molecule has 0 bridgehead atoms. The second-order valence-electron chi connectivity index (χ2n) is 4.62. The molecular formula is C12H17N7O. The Balaban J connectivity index is 1.98. The molecule has 3 rings (SSSR count). The van der Waals surface area contributed by atoms with E-state index in [1.807, 2.05) is 6.92 Å². The number of hydrogen-bond donors (Lipinski definition) is 1. The van der Waals surface area contributed by atoms with Gasteiger partial charge in [0.1, 0.15) is 0 Å². The molecule has 1 aliphatic heterocycles. The number of hydrogen-bond acceptors (Lipinski definition) is 7. The topological polar surface area (TPSA) is 95.0 Å². The van der Waals surface area contributed by atoms with Gasteiger partial charge in [0.15, 0.2) is 5.82 Å². The van der Waals surface area contributed by atoms with Gasteiger partial charge in [0, 0.05) is 25.5 Å². The summed E-state index contributed by atoms with van der Waals surface area (Å²) in [5, 5.41) is 4.50. The van der Waals surface area contributed by atoms with Crippen molar-refractivity contribution in [3.05, 3.63) is 24.3 Å². The molecule has 1 saturated heterocycles. The Morgan fingerprint density at radius 3 is 2.55 bits per heavy atom. The van der Waals surface area contributed by atoms with Gasteiger partial charge in [-0.05, 0) is 13.0 Å². The standard InChI is InChI=1S/C12H17N7O/c1-9(13)10-16-12(18-5-7-20-8-6-18)17-19(10)11-14-3-2-4-15-11/h2-4,9H,5-8,13H2,1H3. The lowest BCUT2D eigenvalue weighted by atomic mass is 10.3. The Kier molecular flexibility index (Phi) is 3.57. The van der Waals surface area contributed by atoms with Gasteiger partial charge in [-0.1, -0.05) is 0 Å². The molecular weight excluding hydrogens is 258 g/mol. The fraction of sp³-hybridized carbons (Fsp3) is 0.500. The van der Waals surface area contributed by atoms with Gasteiger partial charge < -0.3 is 15.4 Å². The fourth-order valence-corrected chi connectivity index (χ4v) is 2.05. The minimum absolute atomic E-state index is 0.249. The summed E-state index contributed by atoms with van der Waals surface area (Å²) < 4.78 is 6.94. The van der Waals surface area contributed by atoms with E-state index in [9.17, 15) is 0 Å². The van der Waals surface area contributed by atoms with E-state index in [0.717, 1.165) is 13.1 Å². The molecule has 0 saturated carbocycles. The summed E-state index contributed by atoms with van der Waals surface area (Å²) in [5.41, 5.74) is 5.97. The normalized spacial score (nSPS) is 17.2. The first-order chi connectivity index (χ1) is 9.75. The second-order valence-corrected chi connectivity index (χ2v) is 4.62. The van der Waals surface area contributed by atoms with Gasteiger partial charge in [-0.2, -0.15) is 9.67 Å². The SMILES string of the molecule is CC(N)c1nc(N2CCOCC2)nn1-c1ncccn1. The zero-order chi connectivity index (χ0) is 13.9. The fourth-order valence-electron chi connectivity index (χ4n) is 2.05.